The molecule has 1 aromatic rings. The first kappa shape index (κ1) is 14.9. The molecule has 0 spiro atoms. The molecule has 11 heteroatoms. The number of rotatable bonds is 6. The number of para-hydroxylation sites is 1. The average Bonchev–Trinajstić information content (AvgIpc) is 2.27. The molecule has 1 rings (SSSR count). The van der Waals surface area contributed by atoms with Crippen LogP contribution in [0.2, 0.25) is 0 Å². The molecule has 0 aliphatic rings. The number of nitrogens with two attached hydrogens (primary N) is 1. The van der Waals surface area contributed by atoms with E-state index < -0.39 is 43.9 Å². The van der Waals surface area contributed by atoms with Crippen LogP contribution in [-0.2, 0) is 19.7 Å². The first-order chi connectivity index (χ1) is 8.75. The van der Waals surface area contributed by atoms with Crippen LogP contribution >= 0.6 is 0 Å². The number of amides is 1. The van der Waals surface area contributed by atoms with Gasteiger partial charge in [-0.2, -0.15) is 4.39 Å². The van der Waals surface area contributed by atoms with Crippen molar-refractivity contribution in [1.82, 2.24) is 4.89 Å². The van der Waals surface area contributed by atoms with Crippen LogP contribution in [0, 0.1) is 15.9 Å². The van der Waals surface area contributed by atoms with Gasteiger partial charge in [0.05, 0.1) is 4.92 Å². The van der Waals surface area contributed by atoms with Gasteiger partial charge in [-0.1, -0.05) is 11.0 Å². The van der Waals surface area contributed by atoms with Gasteiger partial charge in [0.15, 0.2) is 4.90 Å². The van der Waals surface area contributed by atoms with Gasteiger partial charge in [-0.15, -0.1) is 0 Å². The van der Waals surface area contributed by atoms with Crippen LogP contribution in [0.5, 0.6) is 0 Å². The number of benzene rings is 1. The smallest absolute Gasteiger partial charge is 0.324 e. The molecule has 0 saturated carbocycles. The number of nitrogens with zero attached hydrogens (tertiary/aromatic N) is 1. The van der Waals surface area contributed by atoms with Crippen LogP contribution in [0.15, 0.2) is 23.1 Å². The van der Waals surface area contributed by atoms with Gasteiger partial charge in [0.25, 0.3) is 10.0 Å². The Morgan fingerprint density at radius 1 is 1.53 bits per heavy atom. The Balaban J connectivity index is 3.11. The molecule has 104 valence electrons. The molecule has 0 heterocycles. The van der Waals surface area contributed by atoms with Crippen molar-refractivity contribution in [1.29, 1.82) is 0 Å². The zero-order chi connectivity index (χ0) is 14.6. The average molecular weight is 293 g/mol. The summed E-state index contributed by atoms with van der Waals surface area (Å²) in [6.45, 7) is -0.775. The minimum Gasteiger partial charge on any atom is -0.368 e. The second-order valence-electron chi connectivity index (χ2n) is 3.19. The number of carbonyl (C=O) groups excluding carboxylic acids is 1. The predicted molar refractivity (Wildman–Crippen MR) is 58.5 cm³/mol. The van der Waals surface area contributed by atoms with Crippen molar-refractivity contribution in [2.75, 3.05) is 6.61 Å². The molecule has 0 saturated heterocycles. The van der Waals surface area contributed by atoms with Crippen molar-refractivity contribution in [3.05, 3.63) is 34.1 Å². The minimum atomic E-state index is -4.52. The Morgan fingerprint density at radius 3 is 2.68 bits per heavy atom. The van der Waals surface area contributed by atoms with Gasteiger partial charge >= 0.3 is 5.69 Å². The Labute approximate surface area is 106 Å². The highest BCUT2D eigenvalue weighted by molar-refractivity contribution is 7.89. The molecule has 3 N–H and O–H groups in total. The van der Waals surface area contributed by atoms with Crippen molar-refractivity contribution in [3.8, 4) is 0 Å². The van der Waals surface area contributed by atoms with Crippen molar-refractivity contribution in [3.63, 3.8) is 0 Å². The molecule has 0 fully saturated rings. The molecular weight excluding hydrogens is 285 g/mol. The molecule has 0 bridgehead atoms. The fourth-order valence-corrected chi connectivity index (χ4v) is 2.10. The number of nitrogens with one attached hydrogen (secondary N) is 1. The van der Waals surface area contributed by atoms with Gasteiger partial charge in [0, 0.05) is 0 Å². The van der Waals surface area contributed by atoms with E-state index in [-0.39, 0.29) is 0 Å². The van der Waals surface area contributed by atoms with E-state index in [1.54, 1.807) is 0 Å². The van der Waals surface area contributed by atoms with Crippen molar-refractivity contribution in [2.45, 2.75) is 4.90 Å². The maximum Gasteiger partial charge on any atom is 0.324 e. The molecule has 0 aliphatic carbocycles. The Bertz CT molecular complexity index is 617. The summed E-state index contributed by atoms with van der Waals surface area (Å²) >= 11 is 0. The van der Waals surface area contributed by atoms with Gasteiger partial charge in [-0.3, -0.25) is 19.7 Å². The quantitative estimate of drug-likeness (QED) is 0.531. The zero-order valence-electron chi connectivity index (χ0n) is 9.20. The number of carbonyl (C=O) groups is 1. The highest BCUT2D eigenvalue weighted by Crippen LogP contribution is 2.26. The lowest BCUT2D eigenvalue weighted by molar-refractivity contribution is -0.390. The SMILES string of the molecule is NC(=O)CONS(=O)(=O)c1cccc(F)c1[N+](=O)[O-]. The van der Waals surface area contributed by atoms with E-state index in [0.717, 1.165) is 18.2 Å². The predicted octanol–water partition coefficient (Wildman–Crippen LogP) is -0.571. The van der Waals surface area contributed by atoms with Crippen LogP contribution in [0.25, 0.3) is 0 Å². The summed E-state index contributed by atoms with van der Waals surface area (Å²) in [6, 6.07) is 2.53. The monoisotopic (exact) mass is 293 g/mol. The molecule has 0 unspecified atom stereocenters. The van der Waals surface area contributed by atoms with Gasteiger partial charge in [0.2, 0.25) is 11.7 Å². The maximum absolute atomic E-state index is 13.2. The largest absolute Gasteiger partial charge is 0.368 e. The van der Waals surface area contributed by atoms with Crippen LogP contribution in [0.4, 0.5) is 10.1 Å². The Kier molecular flexibility index (Phi) is 4.47. The molecule has 9 nitrogen and oxygen atoms in total. The lowest BCUT2D eigenvalue weighted by atomic mass is 10.3. The van der Waals surface area contributed by atoms with E-state index in [1.165, 1.54) is 4.89 Å². The van der Waals surface area contributed by atoms with Gasteiger partial charge in [-0.05, 0) is 12.1 Å². The number of primary amides is 1. The lowest BCUT2D eigenvalue weighted by Gasteiger charge is -2.06. The van der Waals surface area contributed by atoms with Crippen LogP contribution in [-0.4, -0.2) is 25.9 Å². The van der Waals surface area contributed by atoms with E-state index in [1.807, 2.05) is 0 Å². The highest BCUT2D eigenvalue weighted by Gasteiger charge is 2.29. The normalized spacial score (nSPS) is 11.2. The van der Waals surface area contributed by atoms with Gasteiger partial charge < -0.3 is 5.73 Å². The van der Waals surface area contributed by atoms with Gasteiger partial charge in [0.1, 0.15) is 6.61 Å². The summed E-state index contributed by atoms with van der Waals surface area (Å²) in [5.41, 5.74) is 3.47. The summed E-state index contributed by atoms with van der Waals surface area (Å²) in [5, 5.41) is 10.6. The number of hydrogen-bond acceptors (Lipinski definition) is 6. The molecule has 0 aliphatic heterocycles. The van der Waals surface area contributed by atoms with E-state index in [4.69, 9.17) is 5.73 Å². The standard InChI is InChI=1S/C8H8FN3O6S/c9-5-2-1-3-6(8(5)12(14)15)19(16,17)11-18-4-7(10)13/h1-3,11H,4H2,(H2,10,13). The summed E-state index contributed by atoms with van der Waals surface area (Å²) in [7, 11) is -4.52. The lowest BCUT2D eigenvalue weighted by Crippen LogP contribution is -2.30. The zero-order valence-corrected chi connectivity index (χ0v) is 10.0. The number of hydrogen-bond donors (Lipinski definition) is 2. The molecule has 0 aromatic heterocycles. The Hall–Kier alpha value is -2.11. The molecule has 1 amide bonds. The van der Waals surface area contributed by atoms with Crippen LogP contribution in [0.1, 0.15) is 0 Å². The summed E-state index contributed by atoms with van der Waals surface area (Å²) in [6.07, 6.45) is 0. The molecule has 1 aromatic carbocycles. The molecular formula is C8H8FN3O6S. The number of halogens is 1. The number of sulfonamides is 1. The van der Waals surface area contributed by atoms with Gasteiger partial charge in [-0.25, -0.2) is 8.42 Å². The molecule has 19 heavy (non-hydrogen) atoms. The van der Waals surface area contributed by atoms with E-state index >= 15 is 0 Å². The third-order valence-corrected chi connectivity index (χ3v) is 3.05. The first-order valence-corrected chi connectivity index (χ1v) is 6.09. The van der Waals surface area contributed by atoms with Crippen molar-refractivity contribution in [2.24, 2.45) is 5.73 Å². The van der Waals surface area contributed by atoms with Crippen LogP contribution in [0.3, 0.4) is 0 Å². The molecule has 0 radical (unpaired) electrons. The van der Waals surface area contributed by atoms with Crippen molar-refractivity contribution >= 4 is 21.6 Å². The van der Waals surface area contributed by atoms with E-state index in [2.05, 4.69) is 4.84 Å². The first-order valence-electron chi connectivity index (χ1n) is 4.60. The number of nitro benzene ring substituents is 1. The van der Waals surface area contributed by atoms with Crippen molar-refractivity contribution < 1.29 is 27.4 Å². The fourth-order valence-electron chi connectivity index (χ4n) is 1.11. The fraction of sp³-hybridized carbons (Fsp3) is 0.125. The highest BCUT2D eigenvalue weighted by atomic mass is 32.2. The summed E-state index contributed by atoms with van der Waals surface area (Å²) in [5.74, 6) is -2.28. The minimum absolute atomic E-state index is 0.738. The maximum atomic E-state index is 13.2. The van der Waals surface area contributed by atoms with Crippen LogP contribution < -0.4 is 10.6 Å². The molecule has 0 atom stereocenters. The van der Waals surface area contributed by atoms with E-state index in [9.17, 15) is 27.7 Å². The Morgan fingerprint density at radius 2 is 2.16 bits per heavy atom. The topological polar surface area (TPSA) is 142 Å². The number of nitro groups is 1. The second-order valence-corrected chi connectivity index (χ2v) is 4.80. The third kappa shape index (κ3) is 3.67. The third-order valence-electron chi connectivity index (χ3n) is 1.80. The van der Waals surface area contributed by atoms with E-state index in [0.29, 0.717) is 0 Å². The summed E-state index contributed by atoms with van der Waals surface area (Å²) < 4.78 is 36.5. The summed E-state index contributed by atoms with van der Waals surface area (Å²) in [4.78, 5) is 24.5. The second kappa shape index (κ2) is 5.69.